The Labute approximate surface area is 121 Å². The molecule has 6 nitrogen and oxygen atoms in total. The first kappa shape index (κ1) is 19.8. The standard InChI is InChI=1S/C14H31NO5/c1-13(2,3)20-7-6-14(4,5)15-8-10(17)12(19)11(18)9-16/h10-12,15-19H,6-9H2,1-5H3. The van der Waals surface area contributed by atoms with E-state index in [-0.39, 0.29) is 17.7 Å². The van der Waals surface area contributed by atoms with Gasteiger partial charge in [0.25, 0.3) is 0 Å². The summed E-state index contributed by atoms with van der Waals surface area (Å²) in [4.78, 5) is 0. The van der Waals surface area contributed by atoms with Crippen molar-refractivity contribution in [2.45, 2.75) is 70.5 Å². The zero-order valence-electron chi connectivity index (χ0n) is 13.3. The van der Waals surface area contributed by atoms with Crippen LogP contribution in [0.1, 0.15) is 41.0 Å². The van der Waals surface area contributed by atoms with Gasteiger partial charge in [-0.3, -0.25) is 0 Å². The minimum absolute atomic E-state index is 0.126. The molecule has 0 aromatic carbocycles. The fourth-order valence-electron chi connectivity index (χ4n) is 1.57. The lowest BCUT2D eigenvalue weighted by molar-refractivity contribution is -0.0769. The average Bonchev–Trinajstić information content (AvgIpc) is 2.32. The van der Waals surface area contributed by atoms with E-state index in [1.165, 1.54) is 0 Å². The molecule has 3 atom stereocenters. The third-order valence-corrected chi connectivity index (χ3v) is 3.03. The van der Waals surface area contributed by atoms with E-state index in [1.54, 1.807) is 0 Å². The zero-order chi connectivity index (χ0) is 16.0. The summed E-state index contributed by atoms with van der Waals surface area (Å²) in [5.74, 6) is 0. The van der Waals surface area contributed by atoms with Gasteiger partial charge in [0, 0.05) is 18.7 Å². The molecule has 0 amide bonds. The normalized spacial score (nSPS) is 17.9. The summed E-state index contributed by atoms with van der Waals surface area (Å²) in [6, 6.07) is 0. The number of hydrogen-bond acceptors (Lipinski definition) is 6. The van der Waals surface area contributed by atoms with Crippen molar-refractivity contribution in [3.63, 3.8) is 0 Å². The fourth-order valence-corrected chi connectivity index (χ4v) is 1.57. The fraction of sp³-hybridized carbons (Fsp3) is 1.00. The van der Waals surface area contributed by atoms with Gasteiger partial charge in [-0.05, 0) is 41.0 Å². The Bertz CT molecular complexity index is 265. The van der Waals surface area contributed by atoms with E-state index in [4.69, 9.17) is 9.84 Å². The van der Waals surface area contributed by atoms with E-state index in [9.17, 15) is 15.3 Å². The largest absolute Gasteiger partial charge is 0.394 e. The molecule has 0 aliphatic carbocycles. The molecule has 0 fully saturated rings. The first-order valence-electron chi connectivity index (χ1n) is 7.02. The molecule has 0 aliphatic heterocycles. The maximum atomic E-state index is 9.72. The average molecular weight is 293 g/mol. The first-order valence-corrected chi connectivity index (χ1v) is 7.02. The van der Waals surface area contributed by atoms with Crippen molar-refractivity contribution in [1.82, 2.24) is 5.32 Å². The maximum absolute atomic E-state index is 9.72. The molecule has 0 rings (SSSR count). The third-order valence-electron chi connectivity index (χ3n) is 3.03. The van der Waals surface area contributed by atoms with Crippen LogP contribution in [-0.2, 0) is 4.74 Å². The van der Waals surface area contributed by atoms with Crippen LogP contribution in [0.25, 0.3) is 0 Å². The number of hydrogen-bond donors (Lipinski definition) is 5. The van der Waals surface area contributed by atoms with E-state index < -0.39 is 24.9 Å². The summed E-state index contributed by atoms with van der Waals surface area (Å²) in [6.07, 6.45) is -3.09. The lowest BCUT2D eigenvalue weighted by atomic mass is 9.99. The molecule has 122 valence electrons. The number of aliphatic hydroxyl groups is 4. The van der Waals surface area contributed by atoms with Gasteiger partial charge >= 0.3 is 0 Å². The summed E-state index contributed by atoms with van der Waals surface area (Å²) in [5, 5.41) is 40.4. The molecule has 0 aliphatic rings. The van der Waals surface area contributed by atoms with E-state index in [2.05, 4.69) is 5.32 Å². The predicted molar refractivity (Wildman–Crippen MR) is 77.5 cm³/mol. The van der Waals surface area contributed by atoms with Crippen LogP contribution in [0.15, 0.2) is 0 Å². The van der Waals surface area contributed by atoms with E-state index in [0.29, 0.717) is 6.61 Å². The number of β-amino-alcohol motifs (C(OH)–C–C–N with tert-alkyl or cyclic N) is 1. The van der Waals surface area contributed by atoms with Crippen LogP contribution in [0.4, 0.5) is 0 Å². The van der Waals surface area contributed by atoms with Crippen molar-refractivity contribution in [3.8, 4) is 0 Å². The van der Waals surface area contributed by atoms with Gasteiger partial charge in [0.05, 0.1) is 18.3 Å². The summed E-state index contributed by atoms with van der Waals surface area (Å²) in [5.41, 5.74) is -0.451. The van der Waals surface area contributed by atoms with Gasteiger partial charge < -0.3 is 30.5 Å². The minimum Gasteiger partial charge on any atom is -0.394 e. The van der Waals surface area contributed by atoms with Gasteiger partial charge in [0.2, 0.25) is 0 Å². The highest BCUT2D eigenvalue weighted by Gasteiger charge is 2.26. The number of ether oxygens (including phenoxy) is 1. The van der Waals surface area contributed by atoms with Gasteiger partial charge in [-0.15, -0.1) is 0 Å². The Morgan fingerprint density at radius 1 is 1.00 bits per heavy atom. The van der Waals surface area contributed by atoms with E-state index in [0.717, 1.165) is 6.42 Å². The molecule has 0 heterocycles. The van der Waals surface area contributed by atoms with E-state index in [1.807, 2.05) is 34.6 Å². The highest BCUT2D eigenvalue weighted by Crippen LogP contribution is 2.13. The van der Waals surface area contributed by atoms with Gasteiger partial charge in [-0.2, -0.15) is 0 Å². The van der Waals surface area contributed by atoms with Crippen LogP contribution in [0, 0.1) is 0 Å². The van der Waals surface area contributed by atoms with Crippen molar-refractivity contribution >= 4 is 0 Å². The van der Waals surface area contributed by atoms with Gasteiger partial charge in [0.1, 0.15) is 12.2 Å². The number of nitrogens with one attached hydrogen (secondary N) is 1. The Morgan fingerprint density at radius 2 is 1.55 bits per heavy atom. The van der Waals surface area contributed by atoms with Crippen LogP contribution in [0.3, 0.4) is 0 Å². The molecule has 5 N–H and O–H groups in total. The van der Waals surface area contributed by atoms with Crippen molar-refractivity contribution in [2.24, 2.45) is 0 Å². The van der Waals surface area contributed by atoms with Crippen LogP contribution in [0.5, 0.6) is 0 Å². The highest BCUT2D eigenvalue weighted by molar-refractivity contribution is 4.83. The molecule has 0 spiro atoms. The molecule has 3 unspecified atom stereocenters. The van der Waals surface area contributed by atoms with Crippen molar-refractivity contribution in [3.05, 3.63) is 0 Å². The van der Waals surface area contributed by atoms with Crippen molar-refractivity contribution in [2.75, 3.05) is 19.8 Å². The van der Waals surface area contributed by atoms with Crippen molar-refractivity contribution < 1.29 is 25.2 Å². The topological polar surface area (TPSA) is 102 Å². The Morgan fingerprint density at radius 3 is 2.00 bits per heavy atom. The summed E-state index contributed by atoms with van der Waals surface area (Å²) < 4.78 is 5.65. The third kappa shape index (κ3) is 8.84. The SMILES string of the molecule is CC(C)(CCOC(C)(C)C)NCC(O)C(O)C(O)CO. The maximum Gasteiger partial charge on any atom is 0.109 e. The van der Waals surface area contributed by atoms with Crippen LogP contribution in [0.2, 0.25) is 0 Å². The number of rotatable bonds is 9. The second-order valence-corrected chi connectivity index (χ2v) is 6.78. The molecule has 0 saturated carbocycles. The molecular weight excluding hydrogens is 262 g/mol. The monoisotopic (exact) mass is 293 g/mol. The lowest BCUT2D eigenvalue weighted by Crippen LogP contribution is -2.50. The molecule has 20 heavy (non-hydrogen) atoms. The quantitative estimate of drug-likeness (QED) is 0.398. The van der Waals surface area contributed by atoms with Gasteiger partial charge in [0.15, 0.2) is 0 Å². The second-order valence-electron chi connectivity index (χ2n) is 6.78. The molecule has 0 aromatic heterocycles. The highest BCUT2D eigenvalue weighted by atomic mass is 16.5. The van der Waals surface area contributed by atoms with Crippen LogP contribution < -0.4 is 5.32 Å². The number of aliphatic hydroxyl groups excluding tert-OH is 4. The van der Waals surface area contributed by atoms with Crippen LogP contribution >= 0.6 is 0 Å². The van der Waals surface area contributed by atoms with Crippen LogP contribution in [-0.4, -0.2) is 69.6 Å². The molecule has 0 aromatic rings. The van der Waals surface area contributed by atoms with Crippen molar-refractivity contribution in [1.29, 1.82) is 0 Å². The molecule has 6 heteroatoms. The zero-order valence-corrected chi connectivity index (χ0v) is 13.3. The molecule has 0 radical (unpaired) electrons. The Hall–Kier alpha value is -0.240. The Kier molecular flexibility index (Phi) is 8.16. The second kappa shape index (κ2) is 8.26. The molecule has 0 saturated heterocycles. The summed E-state index contributed by atoms with van der Waals surface area (Å²) in [6.45, 7) is 10.0. The van der Waals surface area contributed by atoms with Gasteiger partial charge in [-0.25, -0.2) is 0 Å². The lowest BCUT2D eigenvalue weighted by Gasteiger charge is -2.31. The van der Waals surface area contributed by atoms with Gasteiger partial charge in [-0.1, -0.05) is 0 Å². The summed E-state index contributed by atoms with van der Waals surface area (Å²) in [7, 11) is 0. The smallest absolute Gasteiger partial charge is 0.109 e. The molecular formula is C14H31NO5. The predicted octanol–water partition coefficient (Wildman–Crippen LogP) is -0.365. The Balaban J connectivity index is 4.08. The first-order chi connectivity index (χ1) is 8.98. The summed E-state index contributed by atoms with van der Waals surface area (Å²) >= 11 is 0. The van der Waals surface area contributed by atoms with E-state index >= 15 is 0 Å². The minimum atomic E-state index is -1.37. The molecule has 0 bridgehead atoms.